The Morgan fingerprint density at radius 1 is 1.15 bits per heavy atom. The maximum atomic E-state index is 6.13. The van der Waals surface area contributed by atoms with E-state index in [1.807, 2.05) is 0 Å². The standard InChI is InChI=1S/C17H32N2O/c1-3-17(4-2)11-16(8-10-20-17)19-9-7-14(13-19)12-18-15-5-6-15/h14-16,18H,3-13H2,1-2H3. The first-order chi connectivity index (χ1) is 9.74. The maximum absolute atomic E-state index is 6.13. The minimum absolute atomic E-state index is 0.174. The molecule has 3 rings (SSSR count). The minimum Gasteiger partial charge on any atom is -0.375 e. The zero-order valence-electron chi connectivity index (χ0n) is 13.4. The molecule has 2 aliphatic heterocycles. The van der Waals surface area contributed by atoms with Crippen LogP contribution < -0.4 is 5.32 Å². The second-order valence-electron chi connectivity index (χ2n) is 7.22. The minimum atomic E-state index is 0.174. The van der Waals surface area contributed by atoms with E-state index in [-0.39, 0.29) is 5.60 Å². The highest BCUT2D eigenvalue weighted by Gasteiger charge is 2.38. The third kappa shape index (κ3) is 3.37. The molecule has 1 aliphatic carbocycles. The van der Waals surface area contributed by atoms with Gasteiger partial charge < -0.3 is 10.1 Å². The number of nitrogens with zero attached hydrogens (tertiary/aromatic N) is 1. The number of rotatable bonds is 6. The van der Waals surface area contributed by atoms with Crippen molar-refractivity contribution in [3.63, 3.8) is 0 Å². The molecule has 3 fully saturated rings. The average molecular weight is 280 g/mol. The SMILES string of the molecule is CCC1(CC)CC(N2CCC(CNC3CC3)C2)CCO1. The van der Waals surface area contributed by atoms with Crippen molar-refractivity contribution in [1.82, 2.24) is 10.2 Å². The summed E-state index contributed by atoms with van der Waals surface area (Å²) in [6.45, 7) is 9.42. The average Bonchev–Trinajstić information content (AvgIpc) is 3.21. The molecule has 3 aliphatic rings. The lowest BCUT2D eigenvalue weighted by Crippen LogP contribution is -2.47. The van der Waals surface area contributed by atoms with Crippen molar-refractivity contribution in [2.75, 3.05) is 26.2 Å². The highest BCUT2D eigenvalue weighted by molar-refractivity contribution is 4.92. The molecule has 0 amide bonds. The number of hydrogen-bond acceptors (Lipinski definition) is 3. The monoisotopic (exact) mass is 280 g/mol. The van der Waals surface area contributed by atoms with E-state index in [4.69, 9.17) is 4.74 Å². The Bertz CT molecular complexity index is 312. The van der Waals surface area contributed by atoms with Crippen LogP contribution in [0.2, 0.25) is 0 Å². The highest BCUT2D eigenvalue weighted by atomic mass is 16.5. The molecule has 0 aromatic heterocycles. The summed E-state index contributed by atoms with van der Waals surface area (Å²) in [4.78, 5) is 2.77. The lowest BCUT2D eigenvalue weighted by Gasteiger charge is -2.43. The van der Waals surface area contributed by atoms with Gasteiger partial charge in [0.1, 0.15) is 0 Å². The summed E-state index contributed by atoms with van der Waals surface area (Å²) in [5.74, 6) is 0.885. The molecular formula is C17H32N2O. The van der Waals surface area contributed by atoms with Gasteiger partial charge in [-0.1, -0.05) is 13.8 Å². The molecule has 0 aromatic rings. The Kier molecular flexibility index (Phi) is 4.68. The van der Waals surface area contributed by atoms with Crippen LogP contribution in [0, 0.1) is 5.92 Å². The molecular weight excluding hydrogens is 248 g/mol. The summed E-state index contributed by atoms with van der Waals surface area (Å²) in [6, 6.07) is 1.63. The molecule has 20 heavy (non-hydrogen) atoms. The first-order valence-corrected chi connectivity index (χ1v) is 8.86. The van der Waals surface area contributed by atoms with Gasteiger partial charge in [0, 0.05) is 25.2 Å². The van der Waals surface area contributed by atoms with Gasteiger partial charge in [0.15, 0.2) is 0 Å². The molecule has 0 spiro atoms. The second kappa shape index (κ2) is 6.33. The Labute approximate surface area is 124 Å². The summed E-state index contributed by atoms with van der Waals surface area (Å²) in [6.07, 6.45) is 9.04. The van der Waals surface area contributed by atoms with Crippen molar-refractivity contribution >= 4 is 0 Å². The van der Waals surface area contributed by atoms with Gasteiger partial charge in [0.05, 0.1) is 5.60 Å². The van der Waals surface area contributed by atoms with Gasteiger partial charge in [-0.2, -0.15) is 0 Å². The number of nitrogens with one attached hydrogen (secondary N) is 1. The Hall–Kier alpha value is -0.120. The molecule has 0 radical (unpaired) electrons. The van der Waals surface area contributed by atoms with E-state index < -0.39 is 0 Å². The zero-order chi connectivity index (χ0) is 14.0. The molecule has 0 bridgehead atoms. The molecule has 3 heteroatoms. The number of likely N-dealkylation sites (tertiary alicyclic amines) is 1. The van der Waals surface area contributed by atoms with E-state index in [1.54, 1.807) is 0 Å². The van der Waals surface area contributed by atoms with E-state index in [9.17, 15) is 0 Å². The Balaban J connectivity index is 1.48. The summed E-state index contributed by atoms with van der Waals surface area (Å²) in [7, 11) is 0. The fraction of sp³-hybridized carbons (Fsp3) is 1.00. The predicted molar refractivity (Wildman–Crippen MR) is 83.0 cm³/mol. The van der Waals surface area contributed by atoms with Crippen molar-refractivity contribution in [1.29, 1.82) is 0 Å². The van der Waals surface area contributed by atoms with Crippen LogP contribution in [0.1, 0.15) is 58.8 Å². The van der Waals surface area contributed by atoms with Crippen LogP contribution >= 0.6 is 0 Å². The molecule has 2 unspecified atom stereocenters. The van der Waals surface area contributed by atoms with Crippen LogP contribution in [0.5, 0.6) is 0 Å². The number of ether oxygens (including phenoxy) is 1. The number of hydrogen-bond donors (Lipinski definition) is 1. The van der Waals surface area contributed by atoms with Gasteiger partial charge in [0.2, 0.25) is 0 Å². The molecule has 1 saturated carbocycles. The second-order valence-corrected chi connectivity index (χ2v) is 7.22. The van der Waals surface area contributed by atoms with Gasteiger partial charge in [-0.3, -0.25) is 4.90 Å². The highest BCUT2D eigenvalue weighted by Crippen LogP contribution is 2.35. The van der Waals surface area contributed by atoms with Gasteiger partial charge in [-0.05, 0) is 64.0 Å². The normalized spacial score (nSPS) is 34.5. The molecule has 3 nitrogen and oxygen atoms in total. The zero-order valence-corrected chi connectivity index (χ0v) is 13.4. The van der Waals surface area contributed by atoms with Crippen LogP contribution in [0.15, 0.2) is 0 Å². The van der Waals surface area contributed by atoms with Crippen LogP contribution in [-0.2, 0) is 4.74 Å². The fourth-order valence-electron chi connectivity index (χ4n) is 4.04. The molecule has 2 saturated heterocycles. The van der Waals surface area contributed by atoms with Crippen molar-refractivity contribution in [2.45, 2.75) is 76.5 Å². The molecule has 0 aromatic carbocycles. The van der Waals surface area contributed by atoms with Gasteiger partial charge in [-0.15, -0.1) is 0 Å². The topological polar surface area (TPSA) is 24.5 Å². The van der Waals surface area contributed by atoms with E-state index in [0.717, 1.165) is 24.6 Å². The van der Waals surface area contributed by atoms with E-state index >= 15 is 0 Å². The lowest BCUT2D eigenvalue weighted by atomic mass is 9.85. The molecule has 2 atom stereocenters. The third-order valence-electron chi connectivity index (χ3n) is 5.86. The first-order valence-electron chi connectivity index (χ1n) is 8.86. The maximum Gasteiger partial charge on any atom is 0.0692 e. The Morgan fingerprint density at radius 3 is 2.65 bits per heavy atom. The first kappa shape index (κ1) is 14.8. The quantitative estimate of drug-likeness (QED) is 0.810. The van der Waals surface area contributed by atoms with E-state index in [0.29, 0.717) is 0 Å². The lowest BCUT2D eigenvalue weighted by molar-refractivity contribution is -0.108. The van der Waals surface area contributed by atoms with Crippen molar-refractivity contribution in [2.24, 2.45) is 5.92 Å². The van der Waals surface area contributed by atoms with Crippen molar-refractivity contribution < 1.29 is 4.74 Å². The summed E-state index contributed by atoms with van der Waals surface area (Å²) < 4.78 is 6.13. The van der Waals surface area contributed by atoms with Crippen molar-refractivity contribution in [3.8, 4) is 0 Å². The summed E-state index contributed by atoms with van der Waals surface area (Å²) >= 11 is 0. The van der Waals surface area contributed by atoms with E-state index in [2.05, 4.69) is 24.1 Å². The van der Waals surface area contributed by atoms with Gasteiger partial charge in [-0.25, -0.2) is 0 Å². The van der Waals surface area contributed by atoms with E-state index in [1.165, 1.54) is 64.6 Å². The van der Waals surface area contributed by atoms with Crippen LogP contribution in [0.25, 0.3) is 0 Å². The summed E-state index contributed by atoms with van der Waals surface area (Å²) in [5.41, 5.74) is 0.174. The largest absolute Gasteiger partial charge is 0.375 e. The summed E-state index contributed by atoms with van der Waals surface area (Å²) in [5, 5.41) is 3.71. The molecule has 2 heterocycles. The van der Waals surface area contributed by atoms with Gasteiger partial charge >= 0.3 is 0 Å². The molecule has 1 N–H and O–H groups in total. The van der Waals surface area contributed by atoms with Crippen molar-refractivity contribution in [3.05, 3.63) is 0 Å². The predicted octanol–water partition coefficient (Wildman–Crippen LogP) is 2.80. The smallest absolute Gasteiger partial charge is 0.0692 e. The van der Waals surface area contributed by atoms with Crippen LogP contribution in [0.4, 0.5) is 0 Å². The van der Waals surface area contributed by atoms with Crippen LogP contribution in [-0.4, -0.2) is 48.8 Å². The third-order valence-corrected chi connectivity index (χ3v) is 5.86. The van der Waals surface area contributed by atoms with Gasteiger partial charge in [0.25, 0.3) is 0 Å². The Morgan fingerprint density at radius 2 is 1.95 bits per heavy atom. The fourth-order valence-corrected chi connectivity index (χ4v) is 4.04. The molecule has 116 valence electrons. The van der Waals surface area contributed by atoms with Crippen LogP contribution in [0.3, 0.4) is 0 Å².